The summed E-state index contributed by atoms with van der Waals surface area (Å²) in [4.78, 5) is 30.2. The van der Waals surface area contributed by atoms with E-state index >= 15 is 0 Å². The smallest absolute Gasteiger partial charge is 0.305 e. The molecule has 0 aliphatic rings. The molecule has 1 heterocycles. The maximum absolute atomic E-state index is 10.9. The Bertz CT molecular complexity index is 420. The average molecular weight is 254 g/mol. The van der Waals surface area contributed by atoms with E-state index in [1.807, 2.05) is 0 Å². The lowest BCUT2D eigenvalue weighted by molar-refractivity contribution is -0.385. The largest absolute Gasteiger partial charge is 0.469 e. The molecule has 0 unspecified atom stereocenters. The highest BCUT2D eigenvalue weighted by molar-refractivity contribution is 5.69. The van der Waals surface area contributed by atoms with Gasteiger partial charge in [0.2, 0.25) is 5.95 Å². The van der Waals surface area contributed by atoms with E-state index in [2.05, 4.69) is 14.7 Å². The molecule has 0 fully saturated rings. The molecule has 0 aliphatic heterocycles. The van der Waals surface area contributed by atoms with E-state index in [1.54, 1.807) is 11.9 Å². The van der Waals surface area contributed by atoms with E-state index in [4.69, 9.17) is 0 Å². The second kappa shape index (κ2) is 6.48. The number of nitro groups is 1. The van der Waals surface area contributed by atoms with Crippen LogP contribution >= 0.6 is 0 Å². The maximum atomic E-state index is 10.9. The summed E-state index contributed by atoms with van der Waals surface area (Å²) in [5, 5.41) is 10.4. The quantitative estimate of drug-likeness (QED) is 0.420. The van der Waals surface area contributed by atoms with Crippen molar-refractivity contribution >= 4 is 17.6 Å². The topological polar surface area (TPSA) is 98.5 Å². The number of methoxy groups -OCH3 is 1. The Hall–Kier alpha value is -2.25. The van der Waals surface area contributed by atoms with Crippen LogP contribution in [0.15, 0.2) is 12.4 Å². The summed E-state index contributed by atoms with van der Waals surface area (Å²) < 4.78 is 4.52. The first-order valence-corrected chi connectivity index (χ1v) is 5.29. The van der Waals surface area contributed by atoms with Crippen LogP contribution < -0.4 is 4.90 Å². The van der Waals surface area contributed by atoms with E-state index in [-0.39, 0.29) is 11.7 Å². The molecule has 18 heavy (non-hydrogen) atoms. The summed E-state index contributed by atoms with van der Waals surface area (Å²) in [7, 11) is 3.09. The predicted octanol–water partition coefficient (Wildman–Crippen LogP) is 0.774. The van der Waals surface area contributed by atoms with Gasteiger partial charge in [-0.3, -0.25) is 14.9 Å². The molecule has 0 amide bonds. The van der Waals surface area contributed by atoms with Gasteiger partial charge in [0.05, 0.1) is 12.0 Å². The van der Waals surface area contributed by atoms with Gasteiger partial charge in [-0.2, -0.15) is 0 Å². The van der Waals surface area contributed by atoms with Crippen LogP contribution in [0, 0.1) is 10.1 Å². The molecule has 98 valence electrons. The fourth-order valence-corrected chi connectivity index (χ4v) is 1.27. The molecular weight excluding hydrogens is 240 g/mol. The lowest BCUT2D eigenvalue weighted by Gasteiger charge is -2.15. The third-order valence-corrected chi connectivity index (χ3v) is 2.28. The Kier molecular flexibility index (Phi) is 4.97. The van der Waals surface area contributed by atoms with Crippen LogP contribution in [0.2, 0.25) is 0 Å². The highest BCUT2D eigenvalue weighted by atomic mass is 16.6. The number of carbonyl (C=O) groups excluding carboxylic acids is 1. The number of ether oxygens (including phenoxy) is 1. The molecule has 0 saturated heterocycles. The molecule has 1 aromatic heterocycles. The number of nitrogens with zero attached hydrogens (tertiary/aromatic N) is 4. The van der Waals surface area contributed by atoms with Crippen molar-refractivity contribution in [1.29, 1.82) is 0 Å². The van der Waals surface area contributed by atoms with Crippen molar-refractivity contribution < 1.29 is 14.5 Å². The Labute approximate surface area is 104 Å². The van der Waals surface area contributed by atoms with Gasteiger partial charge in [-0.25, -0.2) is 9.97 Å². The number of hydrogen-bond donors (Lipinski definition) is 0. The summed E-state index contributed by atoms with van der Waals surface area (Å²) in [5.74, 6) is 0.110. The van der Waals surface area contributed by atoms with Gasteiger partial charge in [0.25, 0.3) is 0 Å². The van der Waals surface area contributed by atoms with Crippen LogP contribution in [0.4, 0.5) is 11.6 Å². The van der Waals surface area contributed by atoms with Crippen molar-refractivity contribution in [2.24, 2.45) is 0 Å². The SMILES string of the molecule is COC(=O)CCCN(C)c1ncc([N+](=O)[O-])cn1. The minimum absolute atomic E-state index is 0.151. The highest BCUT2D eigenvalue weighted by Gasteiger charge is 2.10. The van der Waals surface area contributed by atoms with Gasteiger partial charge in [-0.1, -0.05) is 0 Å². The zero-order chi connectivity index (χ0) is 13.5. The van der Waals surface area contributed by atoms with E-state index in [1.165, 1.54) is 7.11 Å². The molecule has 8 heteroatoms. The first kappa shape index (κ1) is 13.8. The van der Waals surface area contributed by atoms with Crippen LogP contribution in [-0.4, -0.2) is 41.6 Å². The van der Waals surface area contributed by atoms with Crippen molar-refractivity contribution in [1.82, 2.24) is 9.97 Å². The zero-order valence-electron chi connectivity index (χ0n) is 10.2. The summed E-state index contributed by atoms with van der Waals surface area (Å²) in [6, 6.07) is 0. The van der Waals surface area contributed by atoms with Crippen LogP contribution in [0.25, 0.3) is 0 Å². The van der Waals surface area contributed by atoms with Gasteiger partial charge >= 0.3 is 11.7 Å². The van der Waals surface area contributed by atoms with Gasteiger partial charge in [-0.15, -0.1) is 0 Å². The summed E-state index contributed by atoms with van der Waals surface area (Å²) in [6.07, 6.45) is 3.22. The maximum Gasteiger partial charge on any atom is 0.305 e. The first-order chi connectivity index (χ1) is 8.54. The van der Waals surface area contributed by atoms with Crippen molar-refractivity contribution in [3.05, 3.63) is 22.5 Å². The molecule has 1 aromatic rings. The highest BCUT2D eigenvalue weighted by Crippen LogP contribution is 2.11. The fraction of sp³-hybridized carbons (Fsp3) is 0.500. The van der Waals surface area contributed by atoms with Gasteiger partial charge in [0.15, 0.2) is 0 Å². The number of aromatic nitrogens is 2. The molecule has 0 atom stereocenters. The molecular formula is C10H14N4O4. The summed E-state index contributed by atoms with van der Waals surface area (Å²) in [6.45, 7) is 0.562. The van der Waals surface area contributed by atoms with Crippen LogP contribution in [0.3, 0.4) is 0 Å². The van der Waals surface area contributed by atoms with Gasteiger partial charge in [0, 0.05) is 20.0 Å². The molecule has 8 nitrogen and oxygen atoms in total. The van der Waals surface area contributed by atoms with E-state index in [0.717, 1.165) is 12.4 Å². The van der Waals surface area contributed by atoms with Gasteiger partial charge < -0.3 is 9.64 Å². The van der Waals surface area contributed by atoms with Crippen LogP contribution in [0.5, 0.6) is 0 Å². The zero-order valence-corrected chi connectivity index (χ0v) is 10.2. The summed E-state index contributed by atoms with van der Waals surface area (Å²) in [5.41, 5.74) is -0.151. The number of rotatable bonds is 6. The first-order valence-electron chi connectivity index (χ1n) is 5.29. The third-order valence-electron chi connectivity index (χ3n) is 2.28. The molecule has 0 saturated carbocycles. The molecule has 0 bridgehead atoms. The molecule has 0 spiro atoms. The number of hydrogen-bond acceptors (Lipinski definition) is 7. The minimum Gasteiger partial charge on any atom is -0.469 e. The normalized spacial score (nSPS) is 9.89. The number of esters is 1. The molecule has 0 radical (unpaired) electrons. The Morgan fingerprint density at radius 2 is 2.11 bits per heavy atom. The van der Waals surface area contributed by atoms with Gasteiger partial charge in [0.1, 0.15) is 12.4 Å². The predicted molar refractivity (Wildman–Crippen MR) is 63.2 cm³/mol. The Morgan fingerprint density at radius 3 is 2.61 bits per heavy atom. The number of carbonyl (C=O) groups is 1. The second-order valence-electron chi connectivity index (χ2n) is 3.60. The van der Waals surface area contributed by atoms with Crippen molar-refractivity contribution in [2.45, 2.75) is 12.8 Å². The lowest BCUT2D eigenvalue weighted by atomic mass is 10.3. The number of anilines is 1. The van der Waals surface area contributed by atoms with Crippen molar-refractivity contribution in [3.8, 4) is 0 Å². The molecule has 0 N–H and O–H groups in total. The molecule has 0 aromatic carbocycles. The fourth-order valence-electron chi connectivity index (χ4n) is 1.27. The van der Waals surface area contributed by atoms with Crippen LogP contribution in [0.1, 0.15) is 12.8 Å². The van der Waals surface area contributed by atoms with Crippen LogP contribution in [-0.2, 0) is 9.53 Å². The second-order valence-corrected chi connectivity index (χ2v) is 3.60. The molecule has 0 aliphatic carbocycles. The van der Waals surface area contributed by atoms with E-state index < -0.39 is 4.92 Å². The Balaban J connectivity index is 2.48. The van der Waals surface area contributed by atoms with Gasteiger partial charge in [-0.05, 0) is 6.42 Å². The van der Waals surface area contributed by atoms with E-state index in [9.17, 15) is 14.9 Å². The summed E-state index contributed by atoms with van der Waals surface area (Å²) >= 11 is 0. The third kappa shape index (κ3) is 3.96. The molecule has 1 rings (SSSR count). The minimum atomic E-state index is -0.555. The van der Waals surface area contributed by atoms with Crippen molar-refractivity contribution in [3.63, 3.8) is 0 Å². The monoisotopic (exact) mass is 254 g/mol. The van der Waals surface area contributed by atoms with E-state index in [0.29, 0.717) is 25.3 Å². The Morgan fingerprint density at radius 1 is 1.50 bits per heavy atom. The van der Waals surface area contributed by atoms with Crippen molar-refractivity contribution in [2.75, 3.05) is 25.6 Å². The lowest BCUT2D eigenvalue weighted by Crippen LogP contribution is -2.21. The standard InChI is InChI=1S/C10H14N4O4/c1-13(5-3-4-9(15)18-2)10-11-6-8(7-12-10)14(16)17/h6-7H,3-5H2,1-2H3. The average Bonchev–Trinajstić information content (AvgIpc) is 2.38.